The largest absolute Gasteiger partial charge is 0.478 e. The number of H-pyrrole nitrogens is 1. The Morgan fingerprint density at radius 3 is 2.35 bits per heavy atom. The Bertz CT molecular complexity index is 497. The summed E-state index contributed by atoms with van der Waals surface area (Å²) in [6.07, 6.45) is 1.47. The highest BCUT2D eigenvalue weighted by Crippen LogP contribution is 2.22. The predicted octanol–water partition coefficient (Wildman–Crippen LogP) is 1.91. The van der Waals surface area contributed by atoms with Crippen LogP contribution in [0, 0.1) is 13.8 Å². The lowest BCUT2D eigenvalue weighted by Crippen LogP contribution is -2.04. The zero-order chi connectivity index (χ0) is 13.2. The SMILES string of the molecule is COC(=O)c1c(C)[nH]c(C)c1/C=C(\C)C(=O)O. The summed E-state index contributed by atoms with van der Waals surface area (Å²) in [4.78, 5) is 25.4. The van der Waals surface area contributed by atoms with Crippen LogP contribution in [0.4, 0.5) is 0 Å². The molecule has 92 valence electrons. The first-order valence-corrected chi connectivity index (χ1v) is 5.07. The summed E-state index contributed by atoms with van der Waals surface area (Å²) >= 11 is 0. The van der Waals surface area contributed by atoms with Gasteiger partial charge in [-0.3, -0.25) is 0 Å². The molecule has 1 heterocycles. The first-order valence-electron chi connectivity index (χ1n) is 5.07. The van der Waals surface area contributed by atoms with Crippen LogP contribution in [0.2, 0.25) is 0 Å². The normalized spacial score (nSPS) is 11.4. The van der Waals surface area contributed by atoms with Gasteiger partial charge in [0.05, 0.1) is 12.7 Å². The van der Waals surface area contributed by atoms with E-state index in [1.165, 1.54) is 20.1 Å². The van der Waals surface area contributed by atoms with Gasteiger partial charge in [-0.15, -0.1) is 0 Å². The topological polar surface area (TPSA) is 79.4 Å². The van der Waals surface area contributed by atoms with Gasteiger partial charge in [0.1, 0.15) is 0 Å². The highest BCUT2D eigenvalue weighted by Gasteiger charge is 2.19. The minimum absolute atomic E-state index is 0.164. The summed E-state index contributed by atoms with van der Waals surface area (Å²) in [6, 6.07) is 0. The number of carbonyl (C=O) groups excluding carboxylic acids is 1. The molecule has 0 saturated carbocycles. The molecule has 0 amide bonds. The zero-order valence-electron chi connectivity index (χ0n) is 10.2. The van der Waals surface area contributed by atoms with Crippen molar-refractivity contribution in [2.45, 2.75) is 20.8 Å². The monoisotopic (exact) mass is 237 g/mol. The minimum Gasteiger partial charge on any atom is -0.478 e. The number of hydrogen-bond acceptors (Lipinski definition) is 3. The summed E-state index contributed by atoms with van der Waals surface area (Å²) in [5.74, 6) is -1.49. The number of aromatic nitrogens is 1. The Balaban J connectivity index is 3.37. The van der Waals surface area contributed by atoms with E-state index < -0.39 is 11.9 Å². The lowest BCUT2D eigenvalue weighted by Gasteiger charge is -2.01. The van der Waals surface area contributed by atoms with E-state index in [0.29, 0.717) is 16.8 Å². The van der Waals surface area contributed by atoms with Crippen molar-refractivity contribution in [2.75, 3.05) is 7.11 Å². The number of ether oxygens (including phenoxy) is 1. The number of carboxylic acids is 1. The van der Waals surface area contributed by atoms with E-state index in [-0.39, 0.29) is 5.57 Å². The van der Waals surface area contributed by atoms with Gasteiger partial charge in [0.15, 0.2) is 0 Å². The zero-order valence-corrected chi connectivity index (χ0v) is 10.2. The van der Waals surface area contributed by atoms with E-state index in [0.717, 1.165) is 5.69 Å². The van der Waals surface area contributed by atoms with Crippen molar-refractivity contribution < 1.29 is 19.4 Å². The van der Waals surface area contributed by atoms with Gasteiger partial charge in [-0.2, -0.15) is 0 Å². The Hall–Kier alpha value is -2.04. The third kappa shape index (κ3) is 2.55. The van der Waals surface area contributed by atoms with Gasteiger partial charge in [-0.05, 0) is 26.8 Å². The van der Waals surface area contributed by atoms with E-state index in [1.54, 1.807) is 13.8 Å². The fourth-order valence-electron chi connectivity index (χ4n) is 1.62. The van der Waals surface area contributed by atoms with Crippen molar-refractivity contribution in [1.29, 1.82) is 0 Å². The maximum atomic E-state index is 11.6. The summed E-state index contributed by atoms with van der Waals surface area (Å²) in [7, 11) is 1.29. The van der Waals surface area contributed by atoms with Crippen LogP contribution in [0.1, 0.15) is 34.2 Å². The predicted molar refractivity (Wildman–Crippen MR) is 62.9 cm³/mol. The molecule has 0 bridgehead atoms. The van der Waals surface area contributed by atoms with Crippen molar-refractivity contribution >= 4 is 18.0 Å². The quantitative estimate of drug-likeness (QED) is 0.621. The molecule has 0 spiro atoms. The van der Waals surface area contributed by atoms with Crippen LogP contribution < -0.4 is 0 Å². The van der Waals surface area contributed by atoms with Crippen molar-refractivity contribution in [3.05, 3.63) is 28.1 Å². The molecule has 0 aliphatic carbocycles. The molecule has 0 fully saturated rings. The molecule has 1 rings (SSSR count). The van der Waals surface area contributed by atoms with Crippen LogP contribution in [-0.4, -0.2) is 29.1 Å². The third-order valence-electron chi connectivity index (χ3n) is 2.51. The van der Waals surface area contributed by atoms with Crippen molar-refractivity contribution in [2.24, 2.45) is 0 Å². The number of carboxylic acid groups (broad SMARTS) is 1. The summed E-state index contributed by atoms with van der Waals surface area (Å²) in [6.45, 7) is 5.00. The van der Waals surface area contributed by atoms with Gasteiger partial charge < -0.3 is 14.8 Å². The molecule has 0 aromatic carbocycles. The molecule has 17 heavy (non-hydrogen) atoms. The van der Waals surface area contributed by atoms with Crippen LogP contribution in [0.3, 0.4) is 0 Å². The maximum absolute atomic E-state index is 11.6. The fourth-order valence-corrected chi connectivity index (χ4v) is 1.62. The number of aliphatic carboxylic acids is 1. The molecule has 5 heteroatoms. The van der Waals surface area contributed by atoms with Gasteiger partial charge >= 0.3 is 11.9 Å². The van der Waals surface area contributed by atoms with Crippen molar-refractivity contribution in [3.8, 4) is 0 Å². The molecule has 0 atom stereocenters. The molecule has 5 nitrogen and oxygen atoms in total. The second-order valence-electron chi connectivity index (χ2n) is 3.79. The van der Waals surface area contributed by atoms with E-state index in [4.69, 9.17) is 5.11 Å². The highest BCUT2D eigenvalue weighted by molar-refractivity contribution is 5.99. The number of aryl methyl sites for hydroxylation is 2. The van der Waals surface area contributed by atoms with E-state index in [2.05, 4.69) is 9.72 Å². The van der Waals surface area contributed by atoms with Crippen molar-refractivity contribution in [3.63, 3.8) is 0 Å². The molecule has 2 N–H and O–H groups in total. The van der Waals surface area contributed by atoms with E-state index in [9.17, 15) is 9.59 Å². The number of hydrogen-bond donors (Lipinski definition) is 2. The van der Waals surface area contributed by atoms with Gasteiger partial charge in [0.2, 0.25) is 0 Å². The first kappa shape index (κ1) is 13.0. The average molecular weight is 237 g/mol. The van der Waals surface area contributed by atoms with Crippen LogP contribution in [0.5, 0.6) is 0 Å². The molecule has 1 aromatic heterocycles. The molecular formula is C12H15NO4. The molecule has 0 unspecified atom stereocenters. The smallest absolute Gasteiger partial charge is 0.340 e. The molecule has 0 aliphatic rings. The van der Waals surface area contributed by atoms with Crippen LogP contribution in [-0.2, 0) is 9.53 Å². The van der Waals surface area contributed by atoms with Crippen LogP contribution >= 0.6 is 0 Å². The molecular weight excluding hydrogens is 222 g/mol. The summed E-state index contributed by atoms with van der Waals surface area (Å²) in [5, 5.41) is 8.83. The number of nitrogens with one attached hydrogen (secondary N) is 1. The Labute approximate surface area is 99.1 Å². The lowest BCUT2D eigenvalue weighted by molar-refractivity contribution is -0.132. The number of esters is 1. The van der Waals surface area contributed by atoms with Crippen molar-refractivity contribution in [1.82, 2.24) is 4.98 Å². The van der Waals surface area contributed by atoms with E-state index >= 15 is 0 Å². The van der Waals surface area contributed by atoms with Gasteiger partial charge in [0.25, 0.3) is 0 Å². The summed E-state index contributed by atoms with van der Waals surface area (Å²) < 4.78 is 4.68. The Morgan fingerprint density at radius 2 is 1.88 bits per heavy atom. The maximum Gasteiger partial charge on any atom is 0.340 e. The Morgan fingerprint density at radius 1 is 1.29 bits per heavy atom. The molecule has 0 radical (unpaired) electrons. The standard InChI is InChI=1S/C12H15NO4/c1-6(11(14)15)5-9-7(2)13-8(3)10(9)12(16)17-4/h5,13H,1-4H3,(H,14,15)/b6-5+. The molecule has 1 aromatic rings. The van der Waals surface area contributed by atoms with Crippen LogP contribution in [0.25, 0.3) is 6.08 Å². The lowest BCUT2D eigenvalue weighted by atomic mass is 10.1. The first-order chi connectivity index (χ1) is 7.88. The molecule has 0 aliphatic heterocycles. The minimum atomic E-state index is -1.01. The highest BCUT2D eigenvalue weighted by atomic mass is 16.5. The third-order valence-corrected chi connectivity index (χ3v) is 2.51. The Kier molecular flexibility index (Phi) is 3.73. The van der Waals surface area contributed by atoms with Gasteiger partial charge in [0, 0.05) is 22.5 Å². The fraction of sp³-hybridized carbons (Fsp3) is 0.333. The van der Waals surface area contributed by atoms with E-state index in [1.807, 2.05) is 0 Å². The second-order valence-corrected chi connectivity index (χ2v) is 3.79. The number of methoxy groups -OCH3 is 1. The van der Waals surface area contributed by atoms with Gasteiger partial charge in [-0.25, -0.2) is 9.59 Å². The molecule has 0 saturated heterocycles. The summed E-state index contributed by atoms with van der Waals surface area (Å²) in [5.41, 5.74) is 2.51. The number of carbonyl (C=O) groups is 2. The van der Waals surface area contributed by atoms with Gasteiger partial charge in [-0.1, -0.05) is 0 Å². The number of aromatic amines is 1. The second kappa shape index (κ2) is 4.86. The number of rotatable bonds is 3. The van der Waals surface area contributed by atoms with Crippen LogP contribution in [0.15, 0.2) is 5.57 Å². The average Bonchev–Trinajstić information content (AvgIpc) is 2.53.